The van der Waals surface area contributed by atoms with E-state index < -0.39 is 5.91 Å². The van der Waals surface area contributed by atoms with Gasteiger partial charge in [0, 0.05) is 6.07 Å². The summed E-state index contributed by atoms with van der Waals surface area (Å²) < 4.78 is 5.06. The zero-order chi connectivity index (χ0) is 12.7. The van der Waals surface area contributed by atoms with E-state index in [-0.39, 0.29) is 5.69 Å². The predicted octanol–water partition coefficient (Wildman–Crippen LogP) is 0.900. The first-order chi connectivity index (χ1) is 8.17. The summed E-state index contributed by atoms with van der Waals surface area (Å²) >= 11 is 0. The van der Waals surface area contributed by atoms with E-state index in [1.54, 1.807) is 6.07 Å². The molecule has 0 fully saturated rings. The SMILES string of the molecule is CCCCCN(C)Cc1cc(C(=O)NN)no1. The molecule has 0 saturated carbocycles. The number of nitrogens with two attached hydrogens (primary N) is 1. The van der Waals surface area contributed by atoms with Crippen LogP contribution in [0, 0.1) is 0 Å². The minimum Gasteiger partial charge on any atom is -0.359 e. The highest BCUT2D eigenvalue weighted by Gasteiger charge is 2.12. The summed E-state index contributed by atoms with van der Waals surface area (Å²) in [5.74, 6) is 5.24. The molecule has 0 aliphatic heterocycles. The van der Waals surface area contributed by atoms with E-state index in [9.17, 15) is 4.79 Å². The van der Waals surface area contributed by atoms with Gasteiger partial charge in [-0.25, -0.2) is 5.84 Å². The van der Waals surface area contributed by atoms with Crippen molar-refractivity contribution in [3.8, 4) is 0 Å². The van der Waals surface area contributed by atoms with Crippen LogP contribution in [0.25, 0.3) is 0 Å². The second-order valence-corrected chi connectivity index (χ2v) is 4.10. The molecule has 0 spiro atoms. The van der Waals surface area contributed by atoms with Gasteiger partial charge in [-0.1, -0.05) is 24.9 Å². The maximum absolute atomic E-state index is 11.2. The number of hydrazine groups is 1. The molecule has 1 heterocycles. The Balaban J connectivity index is 2.40. The number of rotatable bonds is 7. The fourth-order valence-corrected chi connectivity index (χ4v) is 1.55. The fraction of sp³-hybridized carbons (Fsp3) is 0.636. The van der Waals surface area contributed by atoms with Gasteiger partial charge in [0.15, 0.2) is 11.5 Å². The molecular formula is C11H20N4O2. The molecule has 96 valence electrons. The van der Waals surface area contributed by atoms with Crippen LogP contribution in [0.5, 0.6) is 0 Å². The third-order valence-electron chi connectivity index (χ3n) is 2.49. The van der Waals surface area contributed by atoms with Gasteiger partial charge >= 0.3 is 0 Å². The second-order valence-electron chi connectivity index (χ2n) is 4.10. The zero-order valence-corrected chi connectivity index (χ0v) is 10.4. The molecule has 6 heteroatoms. The van der Waals surface area contributed by atoms with E-state index in [0.717, 1.165) is 13.0 Å². The van der Waals surface area contributed by atoms with Crippen molar-refractivity contribution >= 4 is 5.91 Å². The summed E-state index contributed by atoms with van der Waals surface area (Å²) in [4.78, 5) is 13.3. The number of hydrogen-bond donors (Lipinski definition) is 2. The maximum atomic E-state index is 11.2. The van der Waals surface area contributed by atoms with E-state index >= 15 is 0 Å². The molecule has 0 atom stereocenters. The van der Waals surface area contributed by atoms with Crippen molar-refractivity contribution in [2.24, 2.45) is 5.84 Å². The number of carbonyl (C=O) groups excluding carboxylic acids is 1. The monoisotopic (exact) mass is 240 g/mol. The fourth-order valence-electron chi connectivity index (χ4n) is 1.55. The number of carbonyl (C=O) groups is 1. The smallest absolute Gasteiger partial charge is 0.287 e. The highest BCUT2D eigenvalue weighted by Crippen LogP contribution is 2.07. The molecule has 0 radical (unpaired) electrons. The Labute approximate surface area is 101 Å². The van der Waals surface area contributed by atoms with Crippen molar-refractivity contribution in [3.05, 3.63) is 17.5 Å². The normalized spacial score (nSPS) is 10.8. The lowest BCUT2D eigenvalue weighted by atomic mass is 10.2. The van der Waals surface area contributed by atoms with Gasteiger partial charge in [-0.15, -0.1) is 0 Å². The van der Waals surface area contributed by atoms with Crippen molar-refractivity contribution in [1.82, 2.24) is 15.5 Å². The van der Waals surface area contributed by atoms with Crippen LogP contribution in [-0.2, 0) is 6.54 Å². The van der Waals surface area contributed by atoms with Gasteiger partial charge in [-0.3, -0.25) is 15.1 Å². The molecule has 0 saturated heterocycles. The first kappa shape index (κ1) is 13.7. The summed E-state index contributed by atoms with van der Waals surface area (Å²) in [5, 5.41) is 3.64. The van der Waals surface area contributed by atoms with Crippen LogP contribution in [0.2, 0.25) is 0 Å². The third-order valence-corrected chi connectivity index (χ3v) is 2.49. The zero-order valence-electron chi connectivity index (χ0n) is 10.4. The topological polar surface area (TPSA) is 84.4 Å². The maximum Gasteiger partial charge on any atom is 0.287 e. The van der Waals surface area contributed by atoms with Crippen molar-refractivity contribution in [2.75, 3.05) is 13.6 Å². The molecule has 0 aromatic carbocycles. The number of unbranched alkanes of at least 4 members (excludes halogenated alkanes) is 2. The standard InChI is InChI=1S/C11H20N4O2/c1-3-4-5-6-15(2)8-9-7-10(14-17-9)11(16)13-12/h7H,3-6,8,12H2,1-2H3,(H,13,16). The van der Waals surface area contributed by atoms with E-state index in [4.69, 9.17) is 10.4 Å². The lowest BCUT2D eigenvalue weighted by Crippen LogP contribution is -2.30. The number of nitrogens with one attached hydrogen (secondary N) is 1. The first-order valence-electron chi connectivity index (χ1n) is 5.82. The number of hydrogen-bond acceptors (Lipinski definition) is 5. The van der Waals surface area contributed by atoms with Crippen LogP contribution in [0.4, 0.5) is 0 Å². The van der Waals surface area contributed by atoms with E-state index in [2.05, 4.69) is 17.0 Å². The predicted molar refractivity (Wildman–Crippen MR) is 64.0 cm³/mol. The molecule has 0 bridgehead atoms. The lowest BCUT2D eigenvalue weighted by Gasteiger charge is -2.13. The van der Waals surface area contributed by atoms with Crippen molar-refractivity contribution < 1.29 is 9.32 Å². The van der Waals surface area contributed by atoms with E-state index in [1.165, 1.54) is 12.8 Å². The van der Waals surface area contributed by atoms with Gasteiger partial charge in [0.2, 0.25) is 0 Å². The minimum atomic E-state index is -0.436. The van der Waals surface area contributed by atoms with Crippen LogP contribution < -0.4 is 11.3 Å². The molecule has 1 rings (SSSR count). The summed E-state index contributed by atoms with van der Waals surface area (Å²) in [6.45, 7) is 3.83. The van der Waals surface area contributed by atoms with Gasteiger partial charge in [0.25, 0.3) is 5.91 Å². The van der Waals surface area contributed by atoms with E-state index in [1.807, 2.05) is 12.5 Å². The molecule has 6 nitrogen and oxygen atoms in total. The Morgan fingerprint density at radius 1 is 1.59 bits per heavy atom. The van der Waals surface area contributed by atoms with Gasteiger partial charge in [-0.2, -0.15) is 0 Å². The van der Waals surface area contributed by atoms with Gasteiger partial charge in [0.05, 0.1) is 6.54 Å². The summed E-state index contributed by atoms with van der Waals surface area (Å²) in [5.41, 5.74) is 2.23. The molecule has 1 aromatic heterocycles. The highest BCUT2D eigenvalue weighted by molar-refractivity contribution is 5.91. The van der Waals surface area contributed by atoms with Crippen LogP contribution in [0.3, 0.4) is 0 Å². The number of amides is 1. The average molecular weight is 240 g/mol. The molecule has 17 heavy (non-hydrogen) atoms. The largest absolute Gasteiger partial charge is 0.359 e. The Morgan fingerprint density at radius 3 is 3.00 bits per heavy atom. The number of nitrogen functional groups attached to an aromatic ring is 1. The van der Waals surface area contributed by atoms with Crippen LogP contribution >= 0.6 is 0 Å². The average Bonchev–Trinajstić information content (AvgIpc) is 2.77. The van der Waals surface area contributed by atoms with Crippen LogP contribution in [0.15, 0.2) is 10.6 Å². The molecule has 1 amide bonds. The van der Waals surface area contributed by atoms with Gasteiger partial charge < -0.3 is 4.52 Å². The second kappa shape index (κ2) is 7.03. The summed E-state index contributed by atoms with van der Waals surface area (Å²) in [7, 11) is 2.01. The minimum absolute atomic E-state index is 0.212. The Morgan fingerprint density at radius 2 is 2.35 bits per heavy atom. The molecule has 1 aromatic rings. The molecule has 0 aliphatic carbocycles. The Bertz CT molecular complexity index is 351. The number of aromatic nitrogens is 1. The molecular weight excluding hydrogens is 220 g/mol. The van der Waals surface area contributed by atoms with Crippen molar-refractivity contribution in [2.45, 2.75) is 32.7 Å². The van der Waals surface area contributed by atoms with Crippen molar-refractivity contribution in [1.29, 1.82) is 0 Å². The quantitative estimate of drug-likeness (QED) is 0.320. The van der Waals surface area contributed by atoms with Crippen LogP contribution in [0.1, 0.15) is 42.4 Å². The summed E-state index contributed by atoms with van der Waals surface area (Å²) in [6.07, 6.45) is 3.59. The van der Waals surface area contributed by atoms with Gasteiger partial charge in [-0.05, 0) is 20.0 Å². The van der Waals surface area contributed by atoms with Gasteiger partial charge in [0.1, 0.15) is 0 Å². The lowest BCUT2D eigenvalue weighted by molar-refractivity contribution is 0.0944. The third kappa shape index (κ3) is 4.54. The Kier molecular flexibility index (Phi) is 5.65. The first-order valence-corrected chi connectivity index (χ1v) is 5.82. The number of nitrogens with zero attached hydrogens (tertiary/aromatic N) is 2. The Hall–Kier alpha value is -1.40. The molecule has 0 unspecified atom stereocenters. The summed E-state index contributed by atoms with van der Waals surface area (Å²) in [6, 6.07) is 1.61. The van der Waals surface area contributed by atoms with E-state index in [0.29, 0.717) is 12.3 Å². The molecule has 0 aliphatic rings. The van der Waals surface area contributed by atoms with Crippen LogP contribution in [-0.4, -0.2) is 29.6 Å². The highest BCUT2D eigenvalue weighted by atomic mass is 16.5. The molecule has 3 N–H and O–H groups in total. The van der Waals surface area contributed by atoms with Crippen molar-refractivity contribution in [3.63, 3.8) is 0 Å².